The second kappa shape index (κ2) is 3.79. The second-order valence-corrected chi connectivity index (χ2v) is 3.78. The van der Waals surface area contributed by atoms with Crippen molar-refractivity contribution in [2.45, 2.75) is 6.54 Å². The molecule has 13 heavy (non-hydrogen) atoms. The predicted octanol–water partition coefficient (Wildman–Crippen LogP) is 1.94. The molecule has 71 valence electrons. The molecular weight excluding hydrogens is 162 g/mol. The first-order valence-corrected chi connectivity index (χ1v) is 4.26. The first kappa shape index (κ1) is 10.1. The quantitative estimate of drug-likeness (QED) is 0.507. The summed E-state index contributed by atoms with van der Waals surface area (Å²) in [5.41, 5.74) is 1.22. The highest BCUT2D eigenvalue weighted by molar-refractivity contribution is 5.26. The normalized spacial score (nSPS) is 11.4. The van der Waals surface area contributed by atoms with Crippen molar-refractivity contribution in [3.05, 3.63) is 36.9 Å². The van der Waals surface area contributed by atoms with Crippen LogP contribution in [-0.2, 0) is 6.54 Å². The van der Waals surface area contributed by atoms with Crippen molar-refractivity contribution in [2.75, 3.05) is 21.2 Å². The van der Waals surface area contributed by atoms with Crippen LogP contribution in [0.25, 0.3) is 0 Å². The molecule has 0 aliphatic heterocycles. The lowest BCUT2D eigenvalue weighted by Gasteiger charge is -2.34. The number of ether oxygens (including phenoxy) is 1. The summed E-state index contributed by atoms with van der Waals surface area (Å²) in [5.74, 6) is 0.881. The summed E-state index contributed by atoms with van der Waals surface area (Å²) in [6.45, 7) is 0.823. The monoisotopic (exact) mass is 178 g/mol. The number of quaternary nitrogens is 1. The van der Waals surface area contributed by atoms with E-state index in [1.165, 1.54) is 5.56 Å². The van der Waals surface area contributed by atoms with Gasteiger partial charge in [-0.15, -0.1) is 0 Å². The maximum Gasteiger partial charge on any atom is 0.118 e. The molecule has 0 aliphatic rings. The Bertz CT molecular complexity index is 258. The Morgan fingerprint density at radius 1 is 1.23 bits per heavy atom. The summed E-state index contributed by atoms with van der Waals surface area (Å²) in [5, 5.41) is 0. The van der Waals surface area contributed by atoms with Gasteiger partial charge in [0.15, 0.2) is 0 Å². The van der Waals surface area contributed by atoms with E-state index in [1.54, 1.807) is 7.11 Å². The molecule has 0 fully saturated rings. The van der Waals surface area contributed by atoms with E-state index in [-0.39, 0.29) is 0 Å². The Hall–Kier alpha value is -1.02. The first-order chi connectivity index (χ1) is 6.01. The molecule has 0 N–H and O–H groups in total. The smallest absolute Gasteiger partial charge is 0.118 e. The Morgan fingerprint density at radius 3 is 2.15 bits per heavy atom. The Morgan fingerprint density at radius 2 is 1.77 bits per heavy atom. The van der Waals surface area contributed by atoms with E-state index >= 15 is 0 Å². The lowest BCUT2D eigenvalue weighted by atomic mass is 10.2. The number of hydrogen-bond donors (Lipinski definition) is 0. The molecule has 0 heterocycles. The van der Waals surface area contributed by atoms with E-state index in [1.807, 2.05) is 38.4 Å². The zero-order valence-electron chi connectivity index (χ0n) is 8.45. The molecule has 2 nitrogen and oxygen atoms in total. The number of nitrogens with zero attached hydrogens (tertiary/aromatic N) is 1. The van der Waals surface area contributed by atoms with Crippen molar-refractivity contribution >= 4 is 0 Å². The lowest BCUT2D eigenvalue weighted by Crippen LogP contribution is -2.30. The Labute approximate surface area is 80.3 Å². The molecule has 0 spiro atoms. The van der Waals surface area contributed by atoms with Crippen LogP contribution >= 0.6 is 0 Å². The van der Waals surface area contributed by atoms with E-state index in [2.05, 4.69) is 0 Å². The number of hydrogen-bond acceptors (Lipinski definition) is 1. The van der Waals surface area contributed by atoms with Gasteiger partial charge in [0.1, 0.15) is 5.75 Å². The highest BCUT2D eigenvalue weighted by Crippen LogP contribution is 2.13. The largest absolute Gasteiger partial charge is 0.497 e. The third-order valence-corrected chi connectivity index (χ3v) is 1.75. The summed E-state index contributed by atoms with van der Waals surface area (Å²) in [6, 6.07) is 7.97. The fraction of sp³-hybridized carbons (Fsp3) is 0.364. The van der Waals surface area contributed by atoms with Crippen LogP contribution in [0.3, 0.4) is 0 Å². The van der Waals surface area contributed by atoms with Gasteiger partial charge in [-0.25, -0.2) is 7.05 Å². The molecule has 1 rings (SSSR count). The van der Waals surface area contributed by atoms with Crippen LogP contribution < -0.4 is 4.74 Å². The zero-order chi connectivity index (χ0) is 9.90. The number of rotatable bonds is 3. The van der Waals surface area contributed by atoms with Gasteiger partial charge in [0.05, 0.1) is 13.7 Å². The van der Waals surface area contributed by atoms with Crippen LogP contribution in [0.15, 0.2) is 24.3 Å². The summed E-state index contributed by atoms with van der Waals surface area (Å²) < 4.78 is 5.51. The summed E-state index contributed by atoms with van der Waals surface area (Å²) in [6.07, 6.45) is 0. The molecule has 0 saturated carbocycles. The fourth-order valence-corrected chi connectivity index (χ4v) is 1.20. The van der Waals surface area contributed by atoms with Gasteiger partial charge < -0.3 is 9.22 Å². The zero-order valence-corrected chi connectivity index (χ0v) is 8.45. The standard InChI is InChI=1S/C11H16NO/c1-12(2,3)9-10-5-7-11(13-4)8-6-10/h1,5-8H,9H2,2-4H3. The molecule has 1 aromatic rings. The van der Waals surface area contributed by atoms with Crippen molar-refractivity contribution in [1.82, 2.24) is 0 Å². The van der Waals surface area contributed by atoms with Crippen LogP contribution in [0.2, 0.25) is 0 Å². The van der Waals surface area contributed by atoms with E-state index in [4.69, 9.17) is 11.8 Å². The third-order valence-electron chi connectivity index (χ3n) is 1.75. The van der Waals surface area contributed by atoms with Crippen molar-refractivity contribution in [2.24, 2.45) is 0 Å². The van der Waals surface area contributed by atoms with E-state index in [9.17, 15) is 0 Å². The molecule has 0 unspecified atom stereocenters. The molecule has 0 aliphatic carbocycles. The highest BCUT2D eigenvalue weighted by atomic mass is 16.5. The lowest BCUT2D eigenvalue weighted by molar-refractivity contribution is -0.859. The van der Waals surface area contributed by atoms with Crippen LogP contribution in [0, 0.1) is 7.05 Å². The van der Waals surface area contributed by atoms with E-state index < -0.39 is 0 Å². The van der Waals surface area contributed by atoms with Gasteiger partial charge >= 0.3 is 0 Å². The third kappa shape index (κ3) is 3.47. The van der Waals surface area contributed by atoms with E-state index in [0.717, 1.165) is 12.3 Å². The summed E-state index contributed by atoms with van der Waals surface area (Å²) >= 11 is 0. The van der Waals surface area contributed by atoms with Crippen molar-refractivity contribution in [3.63, 3.8) is 0 Å². The Kier molecular flexibility index (Phi) is 2.94. The molecular formula is C11H16NO. The number of methoxy groups -OCH3 is 1. The topological polar surface area (TPSA) is 9.23 Å². The first-order valence-electron chi connectivity index (χ1n) is 4.26. The summed E-state index contributed by atoms with van der Waals surface area (Å²) in [4.78, 5) is 0. The van der Waals surface area contributed by atoms with Crippen LogP contribution in [0.1, 0.15) is 5.56 Å². The maximum absolute atomic E-state index is 5.84. The average Bonchev–Trinajstić information content (AvgIpc) is 2.03. The molecule has 0 aromatic heterocycles. The SMILES string of the molecule is [CH-][N+](C)(C)Cc1ccc(OC)cc1. The minimum atomic E-state index is 0.451. The molecule has 0 atom stereocenters. The second-order valence-electron chi connectivity index (χ2n) is 3.78. The highest BCUT2D eigenvalue weighted by Gasteiger charge is 2.01. The molecule has 0 saturated heterocycles. The van der Waals surface area contributed by atoms with E-state index in [0.29, 0.717) is 4.48 Å². The van der Waals surface area contributed by atoms with Gasteiger partial charge in [0, 0.05) is 19.7 Å². The Balaban J connectivity index is 2.70. The minimum Gasteiger partial charge on any atom is -0.497 e. The fourth-order valence-electron chi connectivity index (χ4n) is 1.20. The average molecular weight is 178 g/mol. The minimum absolute atomic E-state index is 0.451. The molecule has 1 aromatic carbocycles. The predicted molar refractivity (Wildman–Crippen MR) is 53.1 cm³/mol. The molecule has 0 amide bonds. The van der Waals surface area contributed by atoms with Gasteiger partial charge in [-0.05, 0) is 24.3 Å². The van der Waals surface area contributed by atoms with Crippen molar-refractivity contribution in [1.29, 1.82) is 0 Å². The van der Waals surface area contributed by atoms with Crippen molar-refractivity contribution in [3.8, 4) is 5.75 Å². The maximum atomic E-state index is 5.84. The van der Waals surface area contributed by atoms with Gasteiger partial charge in [0.25, 0.3) is 0 Å². The van der Waals surface area contributed by atoms with Crippen LogP contribution in [0.4, 0.5) is 0 Å². The van der Waals surface area contributed by atoms with Gasteiger partial charge in [-0.2, -0.15) is 0 Å². The number of benzene rings is 1. The van der Waals surface area contributed by atoms with Crippen LogP contribution in [-0.4, -0.2) is 25.7 Å². The van der Waals surface area contributed by atoms with Crippen LogP contribution in [0.5, 0.6) is 5.75 Å². The van der Waals surface area contributed by atoms with Crippen molar-refractivity contribution < 1.29 is 9.22 Å². The van der Waals surface area contributed by atoms with Gasteiger partial charge in [-0.3, -0.25) is 0 Å². The molecule has 1 radical (unpaired) electrons. The molecule has 2 heteroatoms. The van der Waals surface area contributed by atoms with Gasteiger partial charge in [-0.1, -0.05) is 0 Å². The van der Waals surface area contributed by atoms with Gasteiger partial charge in [0.2, 0.25) is 0 Å². The molecule has 0 bridgehead atoms. The summed E-state index contributed by atoms with van der Waals surface area (Å²) in [7, 11) is 11.4.